The molecule has 0 bridgehead atoms. The molecule has 1 saturated heterocycles. The average molecular weight is 308 g/mol. The lowest BCUT2D eigenvalue weighted by atomic mass is 10.2. The van der Waals surface area contributed by atoms with Gasteiger partial charge in [-0.1, -0.05) is 47.1 Å². The van der Waals surface area contributed by atoms with Crippen molar-refractivity contribution >= 4 is 14.0 Å². The molecular formula is C17H28O3Si. The zero-order valence-electron chi connectivity index (χ0n) is 13.3. The largest absolute Gasteiger partial charge is 0.385 e. The van der Waals surface area contributed by atoms with Crippen molar-refractivity contribution in [3.63, 3.8) is 0 Å². The lowest BCUT2D eigenvalue weighted by molar-refractivity contribution is 0.117. The highest BCUT2D eigenvalue weighted by Crippen LogP contribution is 2.12. The van der Waals surface area contributed by atoms with E-state index in [1.807, 2.05) is 0 Å². The molecule has 1 aromatic carbocycles. The summed E-state index contributed by atoms with van der Waals surface area (Å²) in [6.45, 7) is 5.66. The molecule has 2 rings (SSSR count). The van der Waals surface area contributed by atoms with Gasteiger partial charge in [0.25, 0.3) is 0 Å². The van der Waals surface area contributed by atoms with E-state index in [0.717, 1.165) is 26.4 Å². The van der Waals surface area contributed by atoms with Crippen LogP contribution in [0.3, 0.4) is 0 Å². The van der Waals surface area contributed by atoms with Crippen LogP contribution in [0.4, 0.5) is 0 Å². The molecule has 0 aliphatic carbocycles. The average Bonchev–Trinajstić information content (AvgIpc) is 3.30. The summed E-state index contributed by atoms with van der Waals surface area (Å²) >= 11 is 0. The van der Waals surface area contributed by atoms with E-state index in [0.29, 0.717) is 6.10 Å². The minimum Gasteiger partial charge on any atom is -0.385 e. The Morgan fingerprint density at radius 1 is 1.19 bits per heavy atom. The predicted molar refractivity (Wildman–Crippen MR) is 89.2 cm³/mol. The van der Waals surface area contributed by atoms with Gasteiger partial charge in [0.05, 0.1) is 22.0 Å². The third-order valence-electron chi connectivity index (χ3n) is 4.08. The van der Waals surface area contributed by atoms with Crippen LogP contribution in [0.15, 0.2) is 24.3 Å². The number of aryl methyl sites for hydroxylation is 1. The Bertz CT molecular complexity index is 407. The second-order valence-electron chi connectivity index (χ2n) is 5.86. The summed E-state index contributed by atoms with van der Waals surface area (Å²) in [5.41, 5.74) is 1.46. The van der Waals surface area contributed by atoms with Crippen LogP contribution in [-0.2, 0) is 14.2 Å². The fraction of sp³-hybridized carbons (Fsp3) is 0.647. The number of hydrogen-bond donors (Lipinski definition) is 0. The standard InChI is InChI=1S/C17H28O3Si/c1-15-7-3-4-8-17(15)21(11-5-9-18-2)12-6-10-19-13-16-14-20-16/h3-4,7-8,16,21H,5-6,9-14H2,1-2H3. The molecule has 21 heavy (non-hydrogen) atoms. The van der Waals surface area contributed by atoms with E-state index in [9.17, 15) is 0 Å². The summed E-state index contributed by atoms with van der Waals surface area (Å²) in [4.78, 5) is 0. The lowest BCUT2D eigenvalue weighted by Gasteiger charge is -2.18. The molecule has 118 valence electrons. The van der Waals surface area contributed by atoms with Crippen LogP contribution in [0.5, 0.6) is 0 Å². The van der Waals surface area contributed by atoms with Gasteiger partial charge in [-0.3, -0.25) is 0 Å². The van der Waals surface area contributed by atoms with Gasteiger partial charge in [-0.15, -0.1) is 0 Å². The maximum Gasteiger partial charge on any atom is 0.104 e. The predicted octanol–water partition coefficient (Wildman–Crippen LogP) is 2.27. The number of benzene rings is 1. The number of epoxide rings is 1. The van der Waals surface area contributed by atoms with Gasteiger partial charge in [0.15, 0.2) is 0 Å². The van der Waals surface area contributed by atoms with Gasteiger partial charge in [0.2, 0.25) is 0 Å². The summed E-state index contributed by atoms with van der Waals surface area (Å²) < 4.78 is 16.0. The van der Waals surface area contributed by atoms with Crippen molar-refractivity contribution in [2.45, 2.75) is 38.0 Å². The first-order valence-electron chi connectivity index (χ1n) is 8.05. The monoisotopic (exact) mass is 308 g/mol. The van der Waals surface area contributed by atoms with Crippen molar-refractivity contribution in [3.05, 3.63) is 29.8 Å². The number of hydrogen-bond acceptors (Lipinski definition) is 3. The number of rotatable bonds is 11. The van der Waals surface area contributed by atoms with Gasteiger partial charge >= 0.3 is 0 Å². The van der Waals surface area contributed by atoms with E-state index < -0.39 is 8.80 Å². The molecule has 0 spiro atoms. The van der Waals surface area contributed by atoms with Gasteiger partial charge in [-0.05, 0) is 19.8 Å². The van der Waals surface area contributed by atoms with Crippen molar-refractivity contribution < 1.29 is 14.2 Å². The van der Waals surface area contributed by atoms with Crippen LogP contribution >= 0.6 is 0 Å². The second-order valence-corrected chi connectivity index (χ2v) is 9.03. The summed E-state index contributed by atoms with van der Waals surface area (Å²) in [7, 11) is 0.884. The Morgan fingerprint density at radius 3 is 2.57 bits per heavy atom. The number of ether oxygens (including phenoxy) is 3. The highest BCUT2D eigenvalue weighted by Gasteiger charge is 2.22. The molecule has 2 unspecified atom stereocenters. The highest BCUT2D eigenvalue weighted by molar-refractivity contribution is 6.73. The quantitative estimate of drug-likeness (QED) is 0.357. The molecule has 1 aliphatic heterocycles. The van der Waals surface area contributed by atoms with Gasteiger partial charge in [0.1, 0.15) is 6.10 Å². The fourth-order valence-electron chi connectivity index (χ4n) is 2.79. The normalized spacial score (nSPS) is 18.7. The Labute approximate surface area is 130 Å². The topological polar surface area (TPSA) is 31.0 Å². The first kappa shape index (κ1) is 16.7. The molecule has 2 atom stereocenters. The second kappa shape index (κ2) is 9.36. The Morgan fingerprint density at radius 2 is 1.90 bits per heavy atom. The van der Waals surface area contributed by atoms with Crippen LogP contribution in [0.25, 0.3) is 0 Å². The molecule has 0 aromatic heterocycles. The van der Waals surface area contributed by atoms with Crippen LogP contribution in [0.1, 0.15) is 18.4 Å². The fourth-order valence-corrected chi connectivity index (χ4v) is 6.14. The summed E-state index contributed by atoms with van der Waals surface area (Å²) in [6, 6.07) is 11.5. The van der Waals surface area contributed by atoms with Crippen LogP contribution in [0.2, 0.25) is 12.1 Å². The molecule has 0 saturated carbocycles. The molecule has 0 N–H and O–H groups in total. The molecule has 0 amide bonds. The summed E-state index contributed by atoms with van der Waals surface area (Å²) in [6.07, 6.45) is 2.74. The van der Waals surface area contributed by atoms with Gasteiger partial charge in [-0.25, -0.2) is 0 Å². The van der Waals surface area contributed by atoms with E-state index in [1.165, 1.54) is 30.5 Å². The third kappa shape index (κ3) is 6.30. The minimum absolute atomic E-state index is 0.385. The lowest BCUT2D eigenvalue weighted by Crippen LogP contribution is -2.32. The van der Waals surface area contributed by atoms with E-state index in [1.54, 1.807) is 12.3 Å². The molecule has 1 heterocycles. The van der Waals surface area contributed by atoms with Crippen molar-refractivity contribution in [1.82, 2.24) is 0 Å². The molecule has 3 nitrogen and oxygen atoms in total. The molecule has 1 aliphatic rings. The molecular weight excluding hydrogens is 280 g/mol. The SMILES string of the molecule is COCCC[SiH](CCCOCC1CO1)c1ccccc1C. The van der Waals surface area contributed by atoms with E-state index in [-0.39, 0.29) is 0 Å². The molecule has 0 radical (unpaired) electrons. The zero-order valence-corrected chi connectivity index (χ0v) is 14.5. The third-order valence-corrected chi connectivity index (χ3v) is 7.81. The van der Waals surface area contributed by atoms with Crippen molar-refractivity contribution in [2.75, 3.05) is 33.5 Å². The smallest absolute Gasteiger partial charge is 0.104 e. The van der Waals surface area contributed by atoms with Crippen LogP contribution in [0, 0.1) is 6.92 Å². The van der Waals surface area contributed by atoms with Gasteiger partial charge in [0, 0.05) is 20.3 Å². The van der Waals surface area contributed by atoms with Gasteiger partial charge < -0.3 is 14.2 Å². The van der Waals surface area contributed by atoms with Crippen molar-refractivity contribution in [1.29, 1.82) is 0 Å². The highest BCUT2D eigenvalue weighted by atomic mass is 28.3. The first-order valence-corrected chi connectivity index (χ1v) is 10.3. The molecule has 4 heteroatoms. The Kier molecular flexibility index (Phi) is 7.43. The molecule has 1 fully saturated rings. The minimum atomic E-state index is -0.906. The Hall–Kier alpha value is -0.683. The van der Waals surface area contributed by atoms with Crippen molar-refractivity contribution in [2.24, 2.45) is 0 Å². The first-order chi connectivity index (χ1) is 10.3. The number of methoxy groups -OCH3 is 1. The van der Waals surface area contributed by atoms with E-state index in [2.05, 4.69) is 31.2 Å². The maximum atomic E-state index is 5.67. The van der Waals surface area contributed by atoms with E-state index >= 15 is 0 Å². The van der Waals surface area contributed by atoms with Crippen LogP contribution < -0.4 is 5.19 Å². The molecule has 1 aromatic rings. The summed E-state index contributed by atoms with van der Waals surface area (Å²) in [5.74, 6) is 0. The van der Waals surface area contributed by atoms with Gasteiger partial charge in [-0.2, -0.15) is 0 Å². The van der Waals surface area contributed by atoms with Crippen molar-refractivity contribution in [3.8, 4) is 0 Å². The maximum absolute atomic E-state index is 5.67. The van der Waals surface area contributed by atoms with E-state index in [4.69, 9.17) is 14.2 Å². The zero-order chi connectivity index (χ0) is 14.9. The Balaban J connectivity index is 1.78. The summed E-state index contributed by atoms with van der Waals surface area (Å²) in [5, 5.41) is 1.62. The van der Waals surface area contributed by atoms with Crippen LogP contribution in [-0.4, -0.2) is 48.4 Å².